The zero-order valence-corrected chi connectivity index (χ0v) is 16.9. The van der Waals surface area contributed by atoms with Gasteiger partial charge in [-0.25, -0.2) is 9.38 Å². The second-order valence-electron chi connectivity index (χ2n) is 5.96. The molecular formula is C20H24FIN4. The van der Waals surface area contributed by atoms with E-state index in [1.165, 1.54) is 12.1 Å². The molecule has 0 saturated carbocycles. The van der Waals surface area contributed by atoms with E-state index < -0.39 is 0 Å². The Labute approximate surface area is 171 Å². The van der Waals surface area contributed by atoms with Crippen LogP contribution in [0.4, 0.5) is 10.1 Å². The molecule has 2 aromatic carbocycles. The molecule has 26 heavy (non-hydrogen) atoms. The molecule has 0 atom stereocenters. The molecule has 2 N–H and O–H groups in total. The van der Waals surface area contributed by atoms with E-state index in [9.17, 15) is 4.39 Å². The van der Waals surface area contributed by atoms with Crippen LogP contribution < -0.4 is 10.6 Å². The molecule has 0 unspecified atom stereocenters. The smallest absolute Gasteiger partial charge is 0.191 e. The van der Waals surface area contributed by atoms with Crippen LogP contribution >= 0.6 is 24.0 Å². The lowest BCUT2D eigenvalue weighted by Gasteiger charge is -2.36. The van der Waals surface area contributed by atoms with E-state index in [2.05, 4.69) is 26.9 Å². The van der Waals surface area contributed by atoms with E-state index in [1.807, 2.05) is 42.5 Å². The molecule has 0 radical (unpaired) electrons. The molecule has 1 fully saturated rings. The van der Waals surface area contributed by atoms with Gasteiger partial charge in [-0.3, -0.25) is 0 Å². The summed E-state index contributed by atoms with van der Waals surface area (Å²) in [6, 6.07) is 16.8. The van der Waals surface area contributed by atoms with E-state index in [-0.39, 0.29) is 29.8 Å². The van der Waals surface area contributed by atoms with E-state index in [0.717, 1.165) is 37.4 Å². The molecule has 138 valence electrons. The van der Waals surface area contributed by atoms with Crippen molar-refractivity contribution in [2.45, 2.75) is 0 Å². The monoisotopic (exact) mass is 466 g/mol. The number of aliphatic imine (C=N–C) groups is 1. The van der Waals surface area contributed by atoms with Crippen LogP contribution in [0.5, 0.6) is 0 Å². The Balaban J connectivity index is 0.00000243. The van der Waals surface area contributed by atoms with Gasteiger partial charge in [0.2, 0.25) is 0 Å². The first kappa shape index (κ1) is 20.2. The summed E-state index contributed by atoms with van der Waals surface area (Å²) >= 11 is 0. The highest BCUT2D eigenvalue weighted by Crippen LogP contribution is 2.16. The number of benzene rings is 2. The van der Waals surface area contributed by atoms with Gasteiger partial charge in [-0.15, -0.1) is 24.0 Å². The van der Waals surface area contributed by atoms with Crippen LogP contribution in [0, 0.1) is 5.82 Å². The lowest BCUT2D eigenvalue weighted by atomic mass is 10.2. The summed E-state index contributed by atoms with van der Waals surface area (Å²) in [7, 11) is 0. The van der Waals surface area contributed by atoms with Crippen molar-refractivity contribution in [2.24, 2.45) is 10.7 Å². The number of rotatable bonds is 4. The minimum atomic E-state index is -0.206. The largest absolute Gasteiger partial charge is 0.370 e. The van der Waals surface area contributed by atoms with Gasteiger partial charge in [0.25, 0.3) is 0 Å². The third-order valence-electron chi connectivity index (χ3n) is 4.26. The zero-order valence-electron chi connectivity index (χ0n) is 14.6. The van der Waals surface area contributed by atoms with Crippen LogP contribution in [0.2, 0.25) is 0 Å². The molecule has 1 heterocycles. The molecule has 1 aliphatic rings. The van der Waals surface area contributed by atoms with Gasteiger partial charge in [0.05, 0.1) is 6.54 Å². The van der Waals surface area contributed by atoms with Crippen molar-refractivity contribution in [1.29, 1.82) is 0 Å². The summed E-state index contributed by atoms with van der Waals surface area (Å²) in [5.74, 6) is 0.374. The Morgan fingerprint density at radius 3 is 2.31 bits per heavy atom. The Morgan fingerprint density at radius 1 is 1.00 bits per heavy atom. The summed E-state index contributed by atoms with van der Waals surface area (Å²) in [4.78, 5) is 8.77. The molecule has 0 aromatic heterocycles. The van der Waals surface area contributed by atoms with E-state index in [4.69, 9.17) is 5.73 Å². The molecule has 0 bridgehead atoms. The molecule has 0 aliphatic carbocycles. The minimum absolute atomic E-state index is 0. The van der Waals surface area contributed by atoms with Crippen molar-refractivity contribution in [3.05, 3.63) is 72.1 Å². The highest BCUT2D eigenvalue weighted by atomic mass is 127. The first-order valence-corrected chi connectivity index (χ1v) is 8.49. The number of piperazine rings is 1. The normalized spacial score (nSPS) is 15.2. The van der Waals surface area contributed by atoms with Gasteiger partial charge in [-0.05, 0) is 29.8 Å². The fourth-order valence-corrected chi connectivity index (χ4v) is 2.84. The predicted octanol–water partition coefficient (Wildman–Crippen LogP) is 3.59. The van der Waals surface area contributed by atoms with Crippen molar-refractivity contribution >= 4 is 41.7 Å². The first-order valence-electron chi connectivity index (χ1n) is 8.49. The third kappa shape index (κ3) is 5.72. The average molecular weight is 466 g/mol. The maximum atomic E-state index is 13.0. The second-order valence-corrected chi connectivity index (χ2v) is 5.96. The maximum absolute atomic E-state index is 13.0. The van der Waals surface area contributed by atoms with Gasteiger partial charge in [0, 0.05) is 31.9 Å². The SMILES string of the molecule is I.NC(=NCC=Cc1ccccc1)N1CCN(c2ccc(F)cc2)CC1. The molecule has 1 saturated heterocycles. The maximum Gasteiger partial charge on any atom is 0.191 e. The summed E-state index contributed by atoms with van der Waals surface area (Å²) in [6.07, 6.45) is 4.06. The van der Waals surface area contributed by atoms with Gasteiger partial charge in [-0.2, -0.15) is 0 Å². The lowest BCUT2D eigenvalue weighted by Crippen LogP contribution is -2.51. The highest BCUT2D eigenvalue weighted by molar-refractivity contribution is 14.0. The number of halogens is 2. The van der Waals surface area contributed by atoms with Crippen LogP contribution in [-0.4, -0.2) is 43.6 Å². The Hall–Kier alpha value is -2.09. The fraction of sp³-hybridized carbons (Fsp3) is 0.250. The molecule has 4 nitrogen and oxygen atoms in total. The summed E-state index contributed by atoms with van der Waals surface area (Å²) in [5.41, 5.74) is 8.31. The molecule has 0 amide bonds. The zero-order chi connectivity index (χ0) is 17.5. The predicted molar refractivity (Wildman–Crippen MR) is 118 cm³/mol. The molecular weight excluding hydrogens is 442 g/mol. The second kappa shape index (κ2) is 10.2. The third-order valence-corrected chi connectivity index (χ3v) is 4.26. The quantitative estimate of drug-likeness (QED) is 0.426. The van der Waals surface area contributed by atoms with Gasteiger partial charge in [-0.1, -0.05) is 42.5 Å². The topological polar surface area (TPSA) is 44.9 Å². The molecule has 2 aromatic rings. The number of nitrogens with zero attached hydrogens (tertiary/aromatic N) is 3. The van der Waals surface area contributed by atoms with E-state index in [0.29, 0.717) is 12.5 Å². The van der Waals surface area contributed by atoms with Gasteiger partial charge in [0.15, 0.2) is 5.96 Å². The standard InChI is InChI=1S/C20H23FN4.HI/c21-18-8-10-19(11-9-18)24-13-15-25(16-14-24)20(22)23-12-4-7-17-5-2-1-3-6-17;/h1-11H,12-16H2,(H2,22,23);1H. The summed E-state index contributed by atoms with van der Waals surface area (Å²) in [6.45, 7) is 3.90. The van der Waals surface area contributed by atoms with Gasteiger partial charge >= 0.3 is 0 Å². The van der Waals surface area contributed by atoms with E-state index in [1.54, 1.807) is 0 Å². The van der Waals surface area contributed by atoms with E-state index >= 15 is 0 Å². The van der Waals surface area contributed by atoms with Gasteiger partial charge < -0.3 is 15.5 Å². The van der Waals surface area contributed by atoms with Crippen LogP contribution in [0.1, 0.15) is 5.56 Å². The summed E-state index contributed by atoms with van der Waals surface area (Å²) in [5, 5.41) is 0. The lowest BCUT2D eigenvalue weighted by molar-refractivity contribution is 0.381. The molecule has 6 heteroatoms. The molecule has 0 spiro atoms. The molecule has 1 aliphatic heterocycles. The summed E-state index contributed by atoms with van der Waals surface area (Å²) < 4.78 is 13.0. The average Bonchev–Trinajstić information content (AvgIpc) is 2.67. The Kier molecular flexibility index (Phi) is 7.90. The van der Waals surface area contributed by atoms with Crippen molar-refractivity contribution in [3.8, 4) is 0 Å². The number of hydrogen-bond donors (Lipinski definition) is 1. The van der Waals surface area contributed by atoms with Crippen LogP contribution in [-0.2, 0) is 0 Å². The minimum Gasteiger partial charge on any atom is -0.370 e. The number of hydrogen-bond acceptors (Lipinski definition) is 2. The van der Waals surface area contributed by atoms with Crippen molar-refractivity contribution in [3.63, 3.8) is 0 Å². The van der Waals surface area contributed by atoms with Crippen molar-refractivity contribution in [2.75, 3.05) is 37.6 Å². The van der Waals surface area contributed by atoms with Crippen LogP contribution in [0.3, 0.4) is 0 Å². The Morgan fingerprint density at radius 2 is 1.65 bits per heavy atom. The van der Waals surface area contributed by atoms with Crippen LogP contribution in [0.15, 0.2) is 65.7 Å². The number of nitrogens with two attached hydrogens (primary N) is 1. The highest BCUT2D eigenvalue weighted by Gasteiger charge is 2.18. The van der Waals surface area contributed by atoms with Crippen molar-refractivity contribution in [1.82, 2.24) is 4.90 Å². The first-order chi connectivity index (χ1) is 12.2. The number of guanidine groups is 1. The fourth-order valence-electron chi connectivity index (χ4n) is 2.84. The van der Waals surface area contributed by atoms with Gasteiger partial charge in [0.1, 0.15) is 5.82 Å². The van der Waals surface area contributed by atoms with Crippen molar-refractivity contribution < 1.29 is 4.39 Å². The molecule has 3 rings (SSSR count). The number of anilines is 1. The Bertz CT molecular complexity index is 723. The van der Waals surface area contributed by atoms with Crippen LogP contribution in [0.25, 0.3) is 6.08 Å².